The van der Waals surface area contributed by atoms with Crippen LogP contribution in [0.4, 0.5) is 54.9 Å². The van der Waals surface area contributed by atoms with Gasteiger partial charge in [0.25, 0.3) is 5.91 Å². The molecule has 0 saturated carbocycles. The molecule has 4 amide bonds. The van der Waals surface area contributed by atoms with Crippen molar-refractivity contribution in [3.8, 4) is 23.0 Å². The van der Waals surface area contributed by atoms with Crippen LogP contribution in [0, 0.1) is 40.1 Å². The second-order valence-electron chi connectivity index (χ2n) is 20.7. The van der Waals surface area contributed by atoms with E-state index in [2.05, 4.69) is 46.8 Å². The molecule has 25 heteroatoms. The number of ether oxygens (including phenoxy) is 3. The Morgan fingerprint density at radius 3 is 1.76 bits per heavy atom. The predicted molar refractivity (Wildman–Crippen MR) is 268 cm³/mol. The minimum atomic E-state index is -5.20. The van der Waals surface area contributed by atoms with Gasteiger partial charge in [-0.15, -0.1) is 0 Å². The Morgan fingerprint density at radius 2 is 1.27 bits per heavy atom. The Morgan fingerprint density at radius 1 is 0.734 bits per heavy atom. The molecule has 5 N–H and O–H groups in total. The van der Waals surface area contributed by atoms with E-state index in [0.29, 0.717) is 67.5 Å². The summed E-state index contributed by atoms with van der Waals surface area (Å²) in [6.07, 6.45) is -13.0. The highest BCUT2D eigenvalue weighted by molar-refractivity contribution is 5.87. The summed E-state index contributed by atoms with van der Waals surface area (Å²) in [6.45, 7) is 3.43. The molecule has 3 aromatic carbocycles. The van der Waals surface area contributed by atoms with Crippen LogP contribution >= 0.6 is 0 Å². The van der Waals surface area contributed by atoms with Crippen molar-refractivity contribution < 1.29 is 78.0 Å². The van der Waals surface area contributed by atoms with Crippen molar-refractivity contribution in [2.24, 2.45) is 10.8 Å². The summed E-state index contributed by atoms with van der Waals surface area (Å²) in [4.78, 5) is 62.3. The molecule has 4 fully saturated rings. The first kappa shape index (κ1) is 59.5. The van der Waals surface area contributed by atoms with E-state index in [4.69, 9.17) is 4.74 Å². The molecule has 4 aliphatic heterocycles. The summed E-state index contributed by atoms with van der Waals surface area (Å²) < 4.78 is 147. The van der Waals surface area contributed by atoms with Crippen LogP contribution in [0.3, 0.4) is 0 Å². The smallest absolute Gasteiger partial charge is 0.407 e. The van der Waals surface area contributed by atoms with Gasteiger partial charge < -0.3 is 40.2 Å². The molecule has 1 aromatic heterocycles. The molecule has 4 aromatic rings. The van der Waals surface area contributed by atoms with Crippen molar-refractivity contribution in [1.29, 1.82) is 0 Å². The molecule has 2 bridgehead atoms. The lowest BCUT2D eigenvalue weighted by molar-refractivity contribution is -0.221. The number of nitrogens with zero attached hydrogens (tertiary/aromatic N) is 4. The fraction of sp³-hybridized carbons (Fsp3) is 0.463. The quantitative estimate of drug-likeness (QED) is 0.0401. The van der Waals surface area contributed by atoms with E-state index in [1.165, 1.54) is 24.3 Å². The Balaban J connectivity index is 1.18. The number of aromatic nitrogens is 1. The zero-order valence-electron chi connectivity index (χ0n) is 43.7. The van der Waals surface area contributed by atoms with E-state index < -0.39 is 114 Å². The molecule has 16 nitrogen and oxygen atoms in total. The fourth-order valence-electron chi connectivity index (χ4n) is 9.44. The van der Waals surface area contributed by atoms with E-state index in [0.717, 1.165) is 77.0 Å². The minimum Gasteiger partial charge on any atom is -0.453 e. The van der Waals surface area contributed by atoms with Gasteiger partial charge in [-0.05, 0) is 106 Å². The summed E-state index contributed by atoms with van der Waals surface area (Å²) in [7, 11) is 1.64. The molecule has 0 spiro atoms. The van der Waals surface area contributed by atoms with E-state index in [-0.39, 0.29) is 11.1 Å². The Kier molecular flexibility index (Phi) is 18.1. The molecular weight excluding hydrogens is 1060 g/mol. The number of hydrazine groups is 1. The molecule has 0 radical (unpaired) electrons. The van der Waals surface area contributed by atoms with Crippen LogP contribution in [0.1, 0.15) is 56.4 Å². The van der Waals surface area contributed by atoms with Gasteiger partial charge in [-0.3, -0.25) is 19.9 Å². The van der Waals surface area contributed by atoms with Gasteiger partial charge in [0.15, 0.2) is 0 Å². The minimum absolute atomic E-state index is 0.0809. The van der Waals surface area contributed by atoms with E-state index >= 15 is 8.78 Å². The third-order valence-electron chi connectivity index (χ3n) is 14.6. The largest absolute Gasteiger partial charge is 0.453 e. The van der Waals surface area contributed by atoms with Crippen LogP contribution in [0.2, 0.25) is 0 Å². The van der Waals surface area contributed by atoms with Crippen molar-refractivity contribution in [3.05, 3.63) is 119 Å². The number of piperazine rings is 1. The number of alkyl carbamates (subject to hydrolysis) is 2. The second-order valence-corrected chi connectivity index (χ2v) is 20.7. The Bertz CT molecular complexity index is 2860. The molecule has 4 aliphatic rings. The number of aliphatic hydroxyl groups excluding tert-OH is 1. The first-order chi connectivity index (χ1) is 37.1. The number of hydrogen-bond acceptors (Lipinski definition) is 12. The average molecular weight is 1120 g/mol. The molecule has 79 heavy (non-hydrogen) atoms. The van der Waals surface area contributed by atoms with Gasteiger partial charge in [0.2, 0.25) is 5.91 Å². The number of carbonyl (C=O) groups is 4. The van der Waals surface area contributed by atoms with Gasteiger partial charge in [-0.2, -0.15) is 26.3 Å². The lowest BCUT2D eigenvalue weighted by Gasteiger charge is -2.60. The van der Waals surface area contributed by atoms with Gasteiger partial charge in [0.05, 0.1) is 56.5 Å². The molecule has 8 rings (SSSR count). The standard InChI is InChI=1S/C54H59F9N8O8/c1-51(2,53(58,59)60)45(66-49(75)77-5)47(73)65-42(19-31-10-7-30(8-11-31)9-12-32-13-18-44(64-23-32)69-24-36-22-37(25-69)71(36)38-28-79-29-38)43(72)27-70(68-48(74)46(67-50(76)78-6)52(3,4)54(61,62)63)26-39-40(56)20-34(21-41(39)57)33-14-16-35(55)17-15-33/h7-8,10-11,13-18,20-21,23,36-38,42-43,45-46,72H,19,22,24-29H2,1-6H3,(H,65,73)(H,66,75)(H,67,76)(H,68,74)/t36?,37?,42-,43-,45+,46+/m0/s1. The van der Waals surface area contributed by atoms with Gasteiger partial charge in [-0.1, -0.05) is 36.1 Å². The van der Waals surface area contributed by atoms with Crippen molar-refractivity contribution in [2.75, 3.05) is 52.0 Å². The van der Waals surface area contributed by atoms with Crippen LogP contribution in [0.15, 0.2) is 79.0 Å². The number of piperidine rings is 1. The normalized spacial score (nSPS) is 18.4. The number of carbonyl (C=O) groups excluding carboxylic acids is 4. The number of alkyl halides is 6. The second kappa shape index (κ2) is 24.1. The lowest BCUT2D eigenvalue weighted by atomic mass is 9.82. The number of nitrogens with one attached hydrogen (secondary N) is 4. The number of hydrogen-bond donors (Lipinski definition) is 5. The van der Waals surface area contributed by atoms with Gasteiger partial charge >= 0.3 is 24.5 Å². The van der Waals surface area contributed by atoms with Crippen LogP contribution in [-0.2, 0) is 36.8 Å². The molecule has 6 atom stereocenters. The maximum atomic E-state index is 16.1. The Labute approximate surface area is 449 Å². The van der Waals surface area contributed by atoms with Crippen molar-refractivity contribution >= 4 is 29.8 Å². The van der Waals surface area contributed by atoms with E-state index in [1.54, 1.807) is 23.6 Å². The van der Waals surface area contributed by atoms with Crippen LogP contribution in [0.25, 0.3) is 11.1 Å². The van der Waals surface area contributed by atoms with Gasteiger partial charge in [-0.25, -0.2) is 32.8 Å². The van der Waals surface area contributed by atoms with Crippen molar-refractivity contribution in [2.45, 2.75) is 102 Å². The lowest BCUT2D eigenvalue weighted by Crippen LogP contribution is -2.74. The van der Waals surface area contributed by atoms with E-state index in [9.17, 15) is 55.0 Å². The maximum absolute atomic E-state index is 16.1. The summed E-state index contributed by atoms with van der Waals surface area (Å²) >= 11 is 0. The molecule has 5 heterocycles. The number of benzene rings is 3. The molecular formula is C54H59F9N8O8. The summed E-state index contributed by atoms with van der Waals surface area (Å²) in [5.41, 5.74) is -3.39. The number of anilines is 1. The zero-order chi connectivity index (χ0) is 57.8. The molecule has 4 saturated heterocycles. The number of fused-ring (bicyclic) bond motifs is 2. The number of rotatable bonds is 18. The highest BCUT2D eigenvalue weighted by atomic mass is 19.4. The molecule has 2 unspecified atom stereocenters. The maximum Gasteiger partial charge on any atom is 0.407 e. The van der Waals surface area contributed by atoms with Crippen LogP contribution in [0.5, 0.6) is 0 Å². The third-order valence-corrected chi connectivity index (χ3v) is 14.6. The topological polar surface area (TPSA) is 187 Å². The third kappa shape index (κ3) is 13.8. The highest BCUT2D eigenvalue weighted by Gasteiger charge is 2.57. The Hall–Kier alpha value is -7.14. The van der Waals surface area contributed by atoms with Crippen LogP contribution < -0.4 is 26.3 Å². The number of methoxy groups -OCH3 is 2. The highest BCUT2D eigenvalue weighted by Crippen LogP contribution is 2.42. The van der Waals surface area contributed by atoms with Crippen molar-refractivity contribution in [1.82, 2.24) is 36.3 Å². The number of amides is 4. The number of halogens is 9. The van der Waals surface area contributed by atoms with Gasteiger partial charge in [0.1, 0.15) is 35.4 Å². The SMILES string of the molecule is COC(=O)N[C@H](C(=O)N[C@@H](Cc1ccc(C#Cc2ccc(N3CC4CC(C3)N4C3COC3)nc2)cc1)[C@@H](O)CN(Cc1c(F)cc(-c2ccc(F)cc2)cc1F)NC(=O)[C@@H](NC(=O)OC)C(C)(C)C(F)(F)F)C(C)(C)C(F)(F)F. The molecule has 0 aliphatic carbocycles. The first-order valence-electron chi connectivity index (χ1n) is 24.9. The first-order valence-corrected chi connectivity index (χ1v) is 24.9. The van der Waals surface area contributed by atoms with Gasteiger partial charge in [0, 0.05) is 61.1 Å². The summed E-state index contributed by atoms with van der Waals surface area (Å²) in [6, 6.07) is 10.7. The van der Waals surface area contributed by atoms with Crippen LogP contribution in [-0.4, -0.2) is 146 Å². The zero-order valence-corrected chi connectivity index (χ0v) is 43.7. The van der Waals surface area contributed by atoms with Crippen molar-refractivity contribution in [3.63, 3.8) is 0 Å². The predicted octanol–water partition coefficient (Wildman–Crippen LogP) is 6.78. The fourth-order valence-corrected chi connectivity index (χ4v) is 9.44. The number of aliphatic hydroxyl groups is 1. The average Bonchev–Trinajstić information content (AvgIpc) is 3.55. The summed E-state index contributed by atoms with van der Waals surface area (Å²) in [5.74, 6) is 0.485. The van der Waals surface area contributed by atoms with E-state index in [1.807, 2.05) is 17.4 Å². The summed E-state index contributed by atoms with van der Waals surface area (Å²) in [5, 5.41) is 18.6. The molecule has 426 valence electrons. The number of pyridine rings is 1. The monoisotopic (exact) mass is 1120 g/mol.